The van der Waals surface area contributed by atoms with E-state index in [1.165, 1.54) is 5.56 Å². The van der Waals surface area contributed by atoms with Gasteiger partial charge in [-0.1, -0.05) is 36.8 Å². The first-order valence-corrected chi connectivity index (χ1v) is 11.3. The molecule has 5 rings (SSSR count). The van der Waals surface area contributed by atoms with E-state index in [0.29, 0.717) is 18.7 Å². The standard InChI is InChI=1S/C26H28N4O2/c1-19-5-3-6-21(11-19)14-29-17-26(32-24(29)31)10-4-9-25(2,15-26)16-30-18-28-22-8-7-20(13-27)12-23(22)30/h3,5-8,11-12,18H,4,9-10,14-17H2,1-2H3. The van der Waals surface area contributed by atoms with Crippen molar-refractivity contribution in [3.05, 3.63) is 65.5 Å². The van der Waals surface area contributed by atoms with E-state index >= 15 is 0 Å². The van der Waals surface area contributed by atoms with Gasteiger partial charge in [0.1, 0.15) is 5.60 Å². The van der Waals surface area contributed by atoms with E-state index in [1.54, 1.807) is 6.07 Å². The summed E-state index contributed by atoms with van der Waals surface area (Å²) in [6, 6.07) is 16.1. The first-order chi connectivity index (χ1) is 15.4. The third-order valence-corrected chi connectivity index (χ3v) is 6.96. The molecule has 32 heavy (non-hydrogen) atoms. The fraction of sp³-hybridized carbons (Fsp3) is 0.423. The van der Waals surface area contributed by atoms with Gasteiger partial charge in [0.2, 0.25) is 0 Å². The maximum atomic E-state index is 12.8. The highest BCUT2D eigenvalue weighted by Gasteiger charge is 2.51. The summed E-state index contributed by atoms with van der Waals surface area (Å²) in [5.41, 5.74) is 4.40. The van der Waals surface area contributed by atoms with Gasteiger partial charge in [-0.2, -0.15) is 5.26 Å². The van der Waals surface area contributed by atoms with E-state index in [0.717, 1.165) is 48.8 Å². The topological polar surface area (TPSA) is 71.2 Å². The number of aromatic nitrogens is 2. The van der Waals surface area contributed by atoms with Crippen LogP contribution < -0.4 is 0 Å². The number of benzene rings is 2. The van der Waals surface area contributed by atoms with Gasteiger partial charge >= 0.3 is 6.09 Å². The number of nitrogens with zero attached hydrogens (tertiary/aromatic N) is 4. The van der Waals surface area contributed by atoms with Crippen LogP contribution in [-0.4, -0.2) is 32.7 Å². The summed E-state index contributed by atoms with van der Waals surface area (Å²) in [5, 5.41) is 9.27. The van der Waals surface area contributed by atoms with Crippen molar-refractivity contribution in [2.75, 3.05) is 6.54 Å². The van der Waals surface area contributed by atoms with Crippen LogP contribution in [0.5, 0.6) is 0 Å². The van der Waals surface area contributed by atoms with E-state index in [9.17, 15) is 10.1 Å². The molecule has 2 unspecified atom stereocenters. The van der Waals surface area contributed by atoms with Gasteiger partial charge in [-0.25, -0.2) is 9.78 Å². The Morgan fingerprint density at radius 2 is 2.09 bits per heavy atom. The molecule has 1 amide bonds. The number of imidazole rings is 1. The van der Waals surface area contributed by atoms with Crippen molar-refractivity contribution >= 4 is 17.1 Å². The summed E-state index contributed by atoms with van der Waals surface area (Å²) in [6.07, 6.45) is 5.49. The lowest BCUT2D eigenvalue weighted by atomic mass is 9.68. The molecule has 2 atom stereocenters. The Kier molecular flexibility index (Phi) is 4.93. The molecular formula is C26H28N4O2. The molecule has 0 radical (unpaired) electrons. The number of fused-ring (bicyclic) bond motifs is 1. The van der Waals surface area contributed by atoms with E-state index < -0.39 is 5.60 Å². The normalized spacial score (nSPS) is 25.3. The Morgan fingerprint density at radius 1 is 1.22 bits per heavy atom. The van der Waals surface area contributed by atoms with Gasteiger partial charge in [0.15, 0.2) is 0 Å². The Hall–Kier alpha value is -3.33. The molecule has 1 saturated carbocycles. The Morgan fingerprint density at radius 3 is 2.91 bits per heavy atom. The fourth-order valence-electron chi connectivity index (χ4n) is 5.66. The highest BCUT2D eigenvalue weighted by molar-refractivity contribution is 5.77. The molecule has 0 N–H and O–H groups in total. The number of nitriles is 1. The smallest absolute Gasteiger partial charge is 0.410 e. The number of carbonyl (C=O) groups excluding carboxylic acids is 1. The van der Waals surface area contributed by atoms with Crippen LogP contribution in [0.4, 0.5) is 4.79 Å². The SMILES string of the molecule is Cc1cccc(CN2CC3(CCCC(C)(Cn4cnc5ccc(C#N)cc54)C3)OC2=O)c1. The number of aryl methyl sites for hydroxylation is 1. The first kappa shape index (κ1) is 20.6. The Bertz CT molecular complexity index is 1230. The maximum Gasteiger partial charge on any atom is 0.410 e. The van der Waals surface area contributed by atoms with Crippen LogP contribution in [-0.2, 0) is 17.8 Å². The molecule has 6 heteroatoms. The lowest BCUT2D eigenvalue weighted by Crippen LogP contribution is -2.44. The maximum absolute atomic E-state index is 12.8. The fourth-order valence-corrected chi connectivity index (χ4v) is 5.66. The van der Waals surface area contributed by atoms with Crippen LogP contribution >= 0.6 is 0 Å². The summed E-state index contributed by atoms with van der Waals surface area (Å²) < 4.78 is 8.21. The minimum absolute atomic E-state index is 0.0197. The highest BCUT2D eigenvalue weighted by atomic mass is 16.6. The van der Waals surface area contributed by atoms with Gasteiger partial charge in [0.05, 0.1) is 35.5 Å². The van der Waals surface area contributed by atoms with Crippen LogP contribution in [0.2, 0.25) is 0 Å². The van der Waals surface area contributed by atoms with E-state index in [1.807, 2.05) is 29.4 Å². The number of carbonyl (C=O) groups is 1. The van der Waals surface area contributed by atoms with Crippen LogP contribution in [0.1, 0.15) is 49.3 Å². The molecule has 1 saturated heterocycles. The number of rotatable bonds is 4. The average molecular weight is 429 g/mol. The number of hydrogen-bond acceptors (Lipinski definition) is 4. The zero-order valence-corrected chi connectivity index (χ0v) is 18.7. The minimum Gasteiger partial charge on any atom is -0.441 e. The van der Waals surface area contributed by atoms with Gasteiger partial charge in [-0.15, -0.1) is 0 Å². The third kappa shape index (κ3) is 3.84. The molecule has 1 spiro atoms. The summed E-state index contributed by atoms with van der Waals surface area (Å²) in [4.78, 5) is 19.1. The predicted octanol–water partition coefficient (Wildman–Crippen LogP) is 5.19. The molecule has 2 heterocycles. The lowest BCUT2D eigenvalue weighted by molar-refractivity contribution is -0.0270. The van der Waals surface area contributed by atoms with Gasteiger partial charge in [-0.05, 0) is 61.8 Å². The first-order valence-electron chi connectivity index (χ1n) is 11.3. The summed E-state index contributed by atoms with van der Waals surface area (Å²) in [7, 11) is 0. The van der Waals surface area contributed by atoms with Crippen molar-refractivity contribution in [1.82, 2.24) is 14.5 Å². The summed E-state index contributed by atoms with van der Waals surface area (Å²) in [5.74, 6) is 0. The van der Waals surface area contributed by atoms with Gasteiger partial charge in [-0.3, -0.25) is 4.90 Å². The highest BCUT2D eigenvalue weighted by Crippen LogP contribution is 2.47. The average Bonchev–Trinajstić information content (AvgIpc) is 3.27. The van der Waals surface area contributed by atoms with Crippen molar-refractivity contribution in [2.24, 2.45) is 5.41 Å². The van der Waals surface area contributed by atoms with Crippen molar-refractivity contribution in [3.8, 4) is 6.07 Å². The van der Waals surface area contributed by atoms with Crippen LogP contribution in [0.25, 0.3) is 11.0 Å². The number of amides is 1. The molecular weight excluding hydrogens is 400 g/mol. The van der Waals surface area contributed by atoms with Crippen LogP contribution in [0.3, 0.4) is 0 Å². The van der Waals surface area contributed by atoms with E-state index in [2.05, 4.69) is 47.7 Å². The molecule has 0 bridgehead atoms. The molecule has 2 aromatic carbocycles. The summed E-state index contributed by atoms with van der Waals surface area (Å²) >= 11 is 0. The molecule has 6 nitrogen and oxygen atoms in total. The molecule has 2 fully saturated rings. The van der Waals surface area contributed by atoms with Crippen molar-refractivity contribution < 1.29 is 9.53 Å². The second kappa shape index (κ2) is 7.67. The van der Waals surface area contributed by atoms with Gasteiger partial charge in [0.25, 0.3) is 0 Å². The quantitative estimate of drug-likeness (QED) is 0.573. The largest absolute Gasteiger partial charge is 0.441 e. The molecule has 1 aliphatic carbocycles. The molecule has 164 valence electrons. The Labute approximate surface area is 188 Å². The number of hydrogen-bond donors (Lipinski definition) is 0. The molecule has 3 aromatic rings. The van der Waals surface area contributed by atoms with Gasteiger partial charge < -0.3 is 9.30 Å². The summed E-state index contributed by atoms with van der Waals surface area (Å²) in [6.45, 7) is 6.36. The van der Waals surface area contributed by atoms with Crippen LogP contribution in [0.15, 0.2) is 48.8 Å². The molecule has 1 aliphatic heterocycles. The molecule has 1 aromatic heterocycles. The van der Waals surface area contributed by atoms with E-state index in [-0.39, 0.29) is 11.5 Å². The third-order valence-electron chi connectivity index (χ3n) is 6.96. The van der Waals surface area contributed by atoms with E-state index in [4.69, 9.17) is 4.74 Å². The second-order valence-electron chi connectivity index (χ2n) is 9.92. The molecule has 2 aliphatic rings. The second-order valence-corrected chi connectivity index (χ2v) is 9.92. The monoisotopic (exact) mass is 428 g/mol. The number of ether oxygens (including phenoxy) is 1. The van der Waals surface area contributed by atoms with Crippen molar-refractivity contribution in [3.63, 3.8) is 0 Å². The van der Waals surface area contributed by atoms with Crippen LogP contribution in [0, 0.1) is 23.7 Å². The van der Waals surface area contributed by atoms with Crippen molar-refractivity contribution in [1.29, 1.82) is 5.26 Å². The van der Waals surface area contributed by atoms with Crippen molar-refractivity contribution in [2.45, 2.75) is 58.2 Å². The lowest BCUT2D eigenvalue weighted by Gasteiger charge is -2.43. The zero-order valence-electron chi connectivity index (χ0n) is 18.7. The Balaban J connectivity index is 1.35. The zero-order chi connectivity index (χ0) is 22.3. The minimum atomic E-state index is -0.428. The predicted molar refractivity (Wildman–Crippen MR) is 122 cm³/mol. The van der Waals surface area contributed by atoms with Gasteiger partial charge in [0, 0.05) is 13.1 Å².